The van der Waals surface area contributed by atoms with Crippen molar-refractivity contribution in [3.63, 3.8) is 0 Å². The number of para-hydroxylation sites is 1. The highest BCUT2D eigenvalue weighted by Gasteiger charge is 2.17. The summed E-state index contributed by atoms with van der Waals surface area (Å²) in [5.41, 5.74) is 7.58. The van der Waals surface area contributed by atoms with Gasteiger partial charge in [-0.15, -0.1) is 0 Å². The Morgan fingerprint density at radius 2 is 1.85 bits per heavy atom. The highest BCUT2D eigenvalue weighted by atomic mass is 16.6. The molecule has 172 valence electrons. The van der Waals surface area contributed by atoms with Crippen molar-refractivity contribution in [2.75, 3.05) is 13.2 Å². The quantitative estimate of drug-likeness (QED) is 0.355. The molecular weight excluding hydrogens is 432 g/mol. The molecule has 9 nitrogen and oxygen atoms in total. The Kier molecular flexibility index (Phi) is 5.82. The van der Waals surface area contributed by atoms with E-state index >= 15 is 0 Å². The molecule has 1 N–H and O–H groups in total. The van der Waals surface area contributed by atoms with Crippen LogP contribution in [0.3, 0.4) is 0 Å². The van der Waals surface area contributed by atoms with Crippen LogP contribution in [0.1, 0.15) is 17.0 Å². The van der Waals surface area contributed by atoms with Crippen LogP contribution in [0.25, 0.3) is 16.9 Å². The van der Waals surface area contributed by atoms with Crippen LogP contribution >= 0.6 is 0 Å². The lowest BCUT2D eigenvalue weighted by Crippen LogP contribution is -2.24. The maximum absolute atomic E-state index is 12.4. The molecule has 0 saturated heterocycles. The topological polar surface area (TPSA) is 95.6 Å². The molecule has 3 heterocycles. The third kappa shape index (κ3) is 4.54. The number of fused-ring (bicyclic) bond motifs is 1. The zero-order chi connectivity index (χ0) is 23.5. The van der Waals surface area contributed by atoms with E-state index in [0.717, 1.165) is 28.2 Å². The van der Waals surface area contributed by atoms with Gasteiger partial charge in [0.15, 0.2) is 11.5 Å². The molecule has 0 bridgehead atoms. The number of nitrogens with one attached hydrogen (secondary N) is 1. The van der Waals surface area contributed by atoms with E-state index in [9.17, 15) is 4.79 Å². The normalized spacial score (nSPS) is 12.8. The van der Waals surface area contributed by atoms with Gasteiger partial charge in [-0.2, -0.15) is 15.3 Å². The summed E-state index contributed by atoms with van der Waals surface area (Å²) in [6.07, 6.45) is 3.47. The fourth-order valence-corrected chi connectivity index (χ4v) is 3.79. The first kappa shape index (κ1) is 21.4. The largest absolute Gasteiger partial charge is 0.486 e. The summed E-state index contributed by atoms with van der Waals surface area (Å²) >= 11 is 0. The van der Waals surface area contributed by atoms with Crippen LogP contribution in [0.5, 0.6) is 11.5 Å². The average molecular weight is 457 g/mol. The molecule has 0 radical (unpaired) electrons. The van der Waals surface area contributed by atoms with Gasteiger partial charge >= 0.3 is 0 Å². The third-order valence-corrected chi connectivity index (χ3v) is 5.37. The molecule has 1 amide bonds. The lowest BCUT2D eigenvalue weighted by Gasteiger charge is -2.18. The van der Waals surface area contributed by atoms with Gasteiger partial charge in [0.1, 0.15) is 25.5 Å². The number of hydrogen-bond acceptors (Lipinski definition) is 6. The van der Waals surface area contributed by atoms with Crippen molar-refractivity contribution in [3.05, 3.63) is 77.7 Å². The van der Waals surface area contributed by atoms with E-state index in [1.165, 1.54) is 0 Å². The second-order valence-corrected chi connectivity index (χ2v) is 7.95. The minimum atomic E-state index is -0.265. The van der Waals surface area contributed by atoms with E-state index in [1.54, 1.807) is 15.6 Å². The Bertz CT molecular complexity index is 1360. The number of aromatic nitrogens is 4. The van der Waals surface area contributed by atoms with Gasteiger partial charge in [0.05, 0.1) is 17.6 Å². The molecule has 0 spiro atoms. The Morgan fingerprint density at radius 1 is 1.06 bits per heavy atom. The summed E-state index contributed by atoms with van der Waals surface area (Å²) in [5.74, 6) is 1.13. The lowest BCUT2D eigenvalue weighted by atomic mass is 10.1. The summed E-state index contributed by atoms with van der Waals surface area (Å²) < 4.78 is 14.8. The highest BCUT2D eigenvalue weighted by molar-refractivity contribution is 5.90. The predicted octanol–water partition coefficient (Wildman–Crippen LogP) is 3.27. The maximum Gasteiger partial charge on any atom is 0.261 e. The Balaban J connectivity index is 1.41. The van der Waals surface area contributed by atoms with Gasteiger partial charge in [-0.1, -0.05) is 18.2 Å². The first-order chi connectivity index (χ1) is 16.6. The summed E-state index contributed by atoms with van der Waals surface area (Å²) in [6.45, 7) is 4.93. The number of nitrogens with zero attached hydrogens (tertiary/aromatic N) is 5. The van der Waals surface area contributed by atoms with Gasteiger partial charge in [-0.05, 0) is 50.2 Å². The molecule has 34 heavy (non-hydrogen) atoms. The van der Waals surface area contributed by atoms with Crippen LogP contribution in [0, 0.1) is 13.8 Å². The number of carbonyl (C=O) groups is 1. The third-order valence-electron chi connectivity index (χ3n) is 5.37. The molecule has 1 aliphatic heterocycles. The van der Waals surface area contributed by atoms with E-state index in [4.69, 9.17) is 14.6 Å². The molecule has 2 aromatic heterocycles. The minimum absolute atomic E-state index is 0.0926. The number of rotatable bonds is 6. The zero-order valence-corrected chi connectivity index (χ0v) is 18.9. The van der Waals surface area contributed by atoms with E-state index < -0.39 is 0 Å². The van der Waals surface area contributed by atoms with Gasteiger partial charge in [-0.3, -0.25) is 9.48 Å². The van der Waals surface area contributed by atoms with Crippen molar-refractivity contribution in [1.82, 2.24) is 25.0 Å². The molecule has 4 aromatic rings. The fourth-order valence-electron chi connectivity index (χ4n) is 3.79. The smallest absolute Gasteiger partial charge is 0.261 e. The van der Waals surface area contributed by atoms with Crippen LogP contribution < -0.4 is 14.9 Å². The molecule has 0 fully saturated rings. The fraction of sp³-hybridized carbons (Fsp3) is 0.200. The molecule has 9 heteroatoms. The van der Waals surface area contributed by atoms with Crippen LogP contribution in [0.2, 0.25) is 0 Å². The molecule has 0 aliphatic carbocycles. The SMILES string of the molecule is Cc1cc(C)n(CC(=O)NN=Cc2cn(-c3ccccc3)nc2-c2ccc3c(c2)OCCO3)n1. The molecular formula is C25H24N6O3. The molecule has 2 aromatic carbocycles. The first-order valence-corrected chi connectivity index (χ1v) is 10.9. The van der Waals surface area contributed by atoms with E-state index in [2.05, 4.69) is 15.6 Å². The molecule has 0 unspecified atom stereocenters. The Hall–Kier alpha value is -4.40. The van der Waals surface area contributed by atoms with E-state index in [1.807, 2.05) is 74.6 Å². The molecule has 1 aliphatic rings. The van der Waals surface area contributed by atoms with Crippen molar-refractivity contribution in [3.8, 4) is 28.4 Å². The summed E-state index contributed by atoms with van der Waals surface area (Å²) in [6, 6.07) is 17.4. The summed E-state index contributed by atoms with van der Waals surface area (Å²) in [7, 11) is 0. The highest BCUT2D eigenvalue weighted by Crippen LogP contribution is 2.35. The predicted molar refractivity (Wildman–Crippen MR) is 127 cm³/mol. The summed E-state index contributed by atoms with van der Waals surface area (Å²) in [4.78, 5) is 12.4. The van der Waals surface area contributed by atoms with E-state index in [0.29, 0.717) is 30.4 Å². The Labute approximate surface area is 196 Å². The van der Waals surface area contributed by atoms with E-state index in [-0.39, 0.29) is 12.5 Å². The van der Waals surface area contributed by atoms with Crippen LogP contribution in [0.15, 0.2) is 65.9 Å². The van der Waals surface area contributed by atoms with Crippen LogP contribution in [0.4, 0.5) is 0 Å². The lowest BCUT2D eigenvalue weighted by molar-refractivity contribution is -0.121. The van der Waals surface area contributed by atoms with Crippen LogP contribution in [-0.4, -0.2) is 44.9 Å². The second kappa shape index (κ2) is 9.22. The first-order valence-electron chi connectivity index (χ1n) is 10.9. The molecule has 0 atom stereocenters. The van der Waals surface area contributed by atoms with Crippen molar-refractivity contribution in [1.29, 1.82) is 0 Å². The number of benzene rings is 2. The molecule has 0 saturated carbocycles. The van der Waals surface area contributed by atoms with Gasteiger partial charge in [0.2, 0.25) is 0 Å². The minimum Gasteiger partial charge on any atom is -0.486 e. The maximum atomic E-state index is 12.4. The number of ether oxygens (including phenoxy) is 2. The van der Waals surface area contributed by atoms with Crippen molar-refractivity contribution >= 4 is 12.1 Å². The van der Waals surface area contributed by atoms with Gasteiger partial charge in [0, 0.05) is 23.0 Å². The van der Waals surface area contributed by atoms with Crippen molar-refractivity contribution in [2.24, 2.45) is 5.10 Å². The van der Waals surface area contributed by atoms with Crippen molar-refractivity contribution in [2.45, 2.75) is 20.4 Å². The monoisotopic (exact) mass is 456 g/mol. The summed E-state index contributed by atoms with van der Waals surface area (Å²) in [5, 5.41) is 13.3. The van der Waals surface area contributed by atoms with Crippen molar-refractivity contribution < 1.29 is 14.3 Å². The second-order valence-electron chi connectivity index (χ2n) is 7.95. The van der Waals surface area contributed by atoms with Gasteiger partial charge < -0.3 is 9.47 Å². The zero-order valence-electron chi connectivity index (χ0n) is 18.9. The average Bonchev–Trinajstić information content (AvgIpc) is 3.41. The number of hydrogen-bond donors (Lipinski definition) is 1. The van der Waals surface area contributed by atoms with Crippen LogP contribution in [-0.2, 0) is 11.3 Å². The number of carbonyl (C=O) groups excluding carboxylic acids is 1. The number of hydrazone groups is 1. The number of aryl methyl sites for hydroxylation is 2. The van der Waals surface area contributed by atoms with Gasteiger partial charge in [-0.25, -0.2) is 10.1 Å². The number of amides is 1. The molecule has 5 rings (SSSR count). The standard InChI is InChI=1S/C25H24N6O3/c1-17-12-18(2)30(28-17)16-24(32)27-26-14-20-15-31(21-6-4-3-5-7-21)29-25(20)19-8-9-22-23(13-19)34-11-10-33-22/h3-9,12-15H,10-11,16H2,1-2H3,(H,27,32). The van der Waals surface area contributed by atoms with Gasteiger partial charge in [0.25, 0.3) is 5.91 Å². The Morgan fingerprint density at radius 3 is 2.62 bits per heavy atom.